The summed E-state index contributed by atoms with van der Waals surface area (Å²) in [6, 6.07) is 16.4. The molecule has 1 aromatic heterocycles. The molecule has 0 atom stereocenters. The van der Waals surface area contributed by atoms with Crippen LogP contribution in [0.1, 0.15) is 47.4 Å². The van der Waals surface area contributed by atoms with E-state index in [-0.39, 0.29) is 5.78 Å². The lowest BCUT2D eigenvalue weighted by atomic mass is 10.1. The normalized spacial score (nSPS) is 14.5. The molecule has 0 aliphatic carbocycles. The van der Waals surface area contributed by atoms with Crippen LogP contribution in [0.3, 0.4) is 0 Å². The van der Waals surface area contributed by atoms with Gasteiger partial charge in [0.05, 0.1) is 6.54 Å². The van der Waals surface area contributed by atoms with Crippen LogP contribution in [0.25, 0.3) is 11.3 Å². The van der Waals surface area contributed by atoms with Crippen LogP contribution < -0.4 is 4.57 Å². The summed E-state index contributed by atoms with van der Waals surface area (Å²) < 4.78 is 4.34. The highest BCUT2D eigenvalue weighted by Gasteiger charge is 2.30. The number of hydrogen-bond acceptors (Lipinski definition) is 1. The Morgan fingerprint density at radius 3 is 2.48 bits per heavy atom. The molecule has 0 amide bonds. The van der Waals surface area contributed by atoms with E-state index in [2.05, 4.69) is 46.5 Å². The molecular weight excluding hydrogens is 356 g/mol. The van der Waals surface area contributed by atoms with E-state index in [1.807, 2.05) is 24.3 Å². The van der Waals surface area contributed by atoms with Gasteiger partial charge in [-0.2, -0.15) is 0 Å². The number of carbonyl (C=O) groups is 1. The highest BCUT2D eigenvalue weighted by atomic mass is 35.5. The fraction of sp³-hybridized carbons (Fsp3) is 0.304. The van der Waals surface area contributed by atoms with E-state index < -0.39 is 0 Å². The third kappa shape index (κ3) is 3.84. The Balaban J connectivity index is 1.82. The molecule has 138 valence electrons. The van der Waals surface area contributed by atoms with Crippen molar-refractivity contribution in [2.24, 2.45) is 0 Å². The zero-order valence-corrected chi connectivity index (χ0v) is 16.4. The number of halogens is 1. The van der Waals surface area contributed by atoms with E-state index in [1.54, 1.807) is 0 Å². The molecule has 0 unspecified atom stereocenters. The van der Waals surface area contributed by atoms with Crippen LogP contribution in [0.5, 0.6) is 0 Å². The molecule has 2 aromatic carbocycles. The van der Waals surface area contributed by atoms with E-state index in [0.717, 1.165) is 53.5 Å². The number of aryl methyl sites for hydroxylation is 1. The molecule has 1 aliphatic rings. The van der Waals surface area contributed by atoms with Gasteiger partial charge in [-0.1, -0.05) is 53.6 Å². The standard InChI is InChI=1S/C23H24ClN2O/c1-17-6-10-19(11-7-17)21-16-25(15-18-8-12-20(24)13-9-18)23-22(27)5-3-2-4-14-26(21)23/h6-13,16H,2-5,14-15H2,1H3/q+1. The molecule has 0 bridgehead atoms. The Bertz CT molecular complexity index is 955. The Morgan fingerprint density at radius 2 is 1.74 bits per heavy atom. The maximum Gasteiger partial charge on any atom is 0.326 e. The predicted molar refractivity (Wildman–Crippen MR) is 108 cm³/mol. The summed E-state index contributed by atoms with van der Waals surface area (Å²) in [5.41, 5.74) is 4.66. The number of carbonyl (C=O) groups excluding carboxylic acids is 1. The molecule has 0 radical (unpaired) electrons. The van der Waals surface area contributed by atoms with Gasteiger partial charge in [0.15, 0.2) is 5.69 Å². The van der Waals surface area contributed by atoms with Crippen LogP contribution in [0.4, 0.5) is 0 Å². The number of imidazole rings is 1. The van der Waals surface area contributed by atoms with Crippen LogP contribution in [0, 0.1) is 6.92 Å². The Morgan fingerprint density at radius 1 is 1.00 bits per heavy atom. The van der Waals surface area contributed by atoms with Gasteiger partial charge in [-0.25, -0.2) is 9.13 Å². The molecule has 3 nitrogen and oxygen atoms in total. The highest BCUT2D eigenvalue weighted by Crippen LogP contribution is 2.24. The summed E-state index contributed by atoms with van der Waals surface area (Å²) in [6.07, 6.45) is 5.95. The predicted octanol–water partition coefficient (Wildman–Crippen LogP) is 5.21. The molecule has 0 fully saturated rings. The smallest absolute Gasteiger partial charge is 0.286 e. The maximum atomic E-state index is 13.0. The number of benzene rings is 2. The molecule has 0 saturated heterocycles. The molecule has 0 saturated carbocycles. The fourth-order valence-electron chi connectivity index (χ4n) is 3.79. The van der Waals surface area contributed by atoms with Crippen molar-refractivity contribution in [3.63, 3.8) is 0 Å². The summed E-state index contributed by atoms with van der Waals surface area (Å²) in [7, 11) is 0. The third-order valence-corrected chi connectivity index (χ3v) is 5.50. The second-order valence-corrected chi connectivity index (χ2v) is 7.78. The average Bonchev–Trinajstić information content (AvgIpc) is 2.99. The van der Waals surface area contributed by atoms with Crippen molar-refractivity contribution in [2.75, 3.05) is 0 Å². The first kappa shape index (κ1) is 18.0. The number of aromatic nitrogens is 2. The second kappa shape index (κ2) is 7.69. The van der Waals surface area contributed by atoms with Gasteiger partial charge in [-0.3, -0.25) is 4.79 Å². The van der Waals surface area contributed by atoms with Crippen molar-refractivity contribution in [3.8, 4) is 11.3 Å². The molecule has 4 rings (SSSR count). The molecule has 4 heteroatoms. The van der Waals surface area contributed by atoms with Crippen molar-refractivity contribution >= 4 is 17.4 Å². The van der Waals surface area contributed by atoms with Crippen LogP contribution in [0.2, 0.25) is 5.02 Å². The van der Waals surface area contributed by atoms with Crippen LogP contribution in [-0.2, 0) is 13.1 Å². The topological polar surface area (TPSA) is 25.9 Å². The number of rotatable bonds is 3. The molecule has 27 heavy (non-hydrogen) atoms. The van der Waals surface area contributed by atoms with Gasteiger partial charge in [-0.15, -0.1) is 0 Å². The molecule has 0 N–H and O–H groups in total. The Hall–Kier alpha value is -2.39. The Labute approximate surface area is 165 Å². The van der Waals surface area contributed by atoms with Crippen LogP contribution in [0.15, 0.2) is 54.7 Å². The molecule has 3 aromatic rings. The van der Waals surface area contributed by atoms with E-state index in [4.69, 9.17) is 11.6 Å². The fourth-order valence-corrected chi connectivity index (χ4v) is 3.92. The van der Waals surface area contributed by atoms with Crippen molar-refractivity contribution in [3.05, 3.63) is 76.7 Å². The summed E-state index contributed by atoms with van der Waals surface area (Å²) >= 11 is 6.02. The van der Waals surface area contributed by atoms with Crippen LogP contribution >= 0.6 is 11.6 Å². The lowest BCUT2D eigenvalue weighted by Gasteiger charge is -2.10. The molecule has 2 heterocycles. The Kier molecular flexibility index (Phi) is 5.13. The van der Waals surface area contributed by atoms with Gasteiger partial charge in [0.25, 0.3) is 0 Å². The summed E-state index contributed by atoms with van der Waals surface area (Å²) in [4.78, 5) is 13.0. The number of hydrogen-bond donors (Lipinski definition) is 0. The summed E-state index contributed by atoms with van der Waals surface area (Å²) in [5, 5.41) is 0.729. The van der Waals surface area contributed by atoms with Crippen molar-refractivity contribution in [1.29, 1.82) is 0 Å². The van der Waals surface area contributed by atoms with Gasteiger partial charge in [-0.05, 0) is 43.9 Å². The highest BCUT2D eigenvalue weighted by molar-refractivity contribution is 6.30. The zero-order valence-electron chi connectivity index (χ0n) is 15.6. The summed E-state index contributed by atoms with van der Waals surface area (Å²) in [5.74, 6) is 1.06. The minimum atomic E-state index is 0.238. The van der Waals surface area contributed by atoms with Gasteiger partial charge >= 0.3 is 5.82 Å². The lowest BCUT2D eigenvalue weighted by Crippen LogP contribution is -2.40. The molecule has 0 spiro atoms. The minimum Gasteiger partial charge on any atom is -0.286 e. The first-order valence-electron chi connectivity index (χ1n) is 9.59. The zero-order chi connectivity index (χ0) is 18.8. The SMILES string of the molecule is Cc1ccc(-c2c[n+](Cc3ccc(Cl)cc3)c3n2CCCCCC3=O)cc1. The second-order valence-electron chi connectivity index (χ2n) is 7.34. The average molecular weight is 380 g/mol. The van der Waals surface area contributed by atoms with Crippen molar-refractivity contribution < 1.29 is 9.36 Å². The van der Waals surface area contributed by atoms with Crippen molar-refractivity contribution in [1.82, 2.24) is 4.57 Å². The van der Waals surface area contributed by atoms with Gasteiger partial charge in [0, 0.05) is 17.0 Å². The summed E-state index contributed by atoms with van der Waals surface area (Å²) in [6.45, 7) is 3.65. The molecule has 1 aliphatic heterocycles. The first-order chi connectivity index (χ1) is 13.1. The monoisotopic (exact) mass is 379 g/mol. The van der Waals surface area contributed by atoms with Crippen LogP contribution in [-0.4, -0.2) is 10.4 Å². The first-order valence-corrected chi connectivity index (χ1v) is 9.97. The number of nitrogens with zero attached hydrogens (tertiary/aromatic N) is 2. The van der Waals surface area contributed by atoms with Gasteiger partial charge in [0.2, 0.25) is 5.78 Å². The quantitative estimate of drug-likeness (QED) is 0.573. The maximum absolute atomic E-state index is 13.0. The van der Waals surface area contributed by atoms with E-state index >= 15 is 0 Å². The largest absolute Gasteiger partial charge is 0.326 e. The lowest BCUT2D eigenvalue weighted by molar-refractivity contribution is -0.689. The van der Waals surface area contributed by atoms with E-state index in [0.29, 0.717) is 13.0 Å². The minimum absolute atomic E-state index is 0.238. The van der Waals surface area contributed by atoms with E-state index in [9.17, 15) is 4.79 Å². The number of ketones is 1. The third-order valence-electron chi connectivity index (χ3n) is 5.25. The van der Waals surface area contributed by atoms with E-state index in [1.165, 1.54) is 5.56 Å². The number of fused-ring (bicyclic) bond motifs is 1. The van der Waals surface area contributed by atoms with Crippen molar-refractivity contribution in [2.45, 2.75) is 45.7 Å². The number of Topliss-reactive ketones (excluding diaryl/α,β-unsaturated/α-hetero) is 1. The molecular formula is C23H24ClN2O+. The van der Waals surface area contributed by atoms with Gasteiger partial charge in [0.1, 0.15) is 12.7 Å². The van der Waals surface area contributed by atoms with Gasteiger partial charge < -0.3 is 0 Å².